The predicted octanol–water partition coefficient (Wildman–Crippen LogP) is 4.52. The topological polar surface area (TPSA) is 105 Å². The van der Waals surface area contributed by atoms with Gasteiger partial charge in [-0.1, -0.05) is 23.2 Å². The van der Waals surface area contributed by atoms with E-state index >= 15 is 0 Å². The minimum atomic E-state index is -3.76. The number of sulfonamides is 1. The van der Waals surface area contributed by atoms with E-state index in [0.29, 0.717) is 34.4 Å². The van der Waals surface area contributed by atoms with Gasteiger partial charge in [0.05, 0.1) is 15.5 Å². The van der Waals surface area contributed by atoms with E-state index in [1.165, 1.54) is 16.4 Å². The fraction of sp³-hybridized carbons (Fsp3) is 0.278. The third kappa shape index (κ3) is 4.69. The van der Waals surface area contributed by atoms with Crippen LogP contribution >= 0.6 is 23.2 Å². The van der Waals surface area contributed by atoms with Gasteiger partial charge in [-0.15, -0.1) is 0 Å². The van der Waals surface area contributed by atoms with Crippen LogP contribution in [0.1, 0.15) is 25.3 Å². The third-order valence-corrected chi connectivity index (χ3v) is 6.99. The number of halogens is 2. The van der Waals surface area contributed by atoms with Gasteiger partial charge < -0.3 is 0 Å². The van der Waals surface area contributed by atoms with E-state index in [1.807, 2.05) is 0 Å². The van der Waals surface area contributed by atoms with Crippen LogP contribution in [0, 0.1) is 10.1 Å². The Labute approximate surface area is 178 Å². The normalized spacial score (nSPS) is 15.5. The van der Waals surface area contributed by atoms with Crippen LogP contribution in [-0.2, 0) is 10.0 Å². The van der Waals surface area contributed by atoms with Gasteiger partial charge in [-0.05, 0) is 50.1 Å². The van der Waals surface area contributed by atoms with Gasteiger partial charge >= 0.3 is 0 Å². The number of nitrogens with zero attached hydrogens (tertiary/aromatic N) is 3. The van der Waals surface area contributed by atoms with Crippen LogP contribution < -0.4 is 5.43 Å². The molecule has 0 aromatic heterocycles. The average molecular weight is 457 g/mol. The minimum absolute atomic E-state index is 0.0628. The Morgan fingerprint density at radius 3 is 2.52 bits per heavy atom. The minimum Gasteiger partial charge on any atom is -0.271 e. The van der Waals surface area contributed by atoms with Crippen LogP contribution in [0.25, 0.3) is 0 Å². The van der Waals surface area contributed by atoms with Crippen molar-refractivity contribution in [2.45, 2.75) is 24.7 Å². The van der Waals surface area contributed by atoms with Crippen molar-refractivity contribution in [1.82, 2.24) is 4.31 Å². The molecular formula is C18H18Cl2N4O4S. The number of nitro benzene ring substituents is 1. The van der Waals surface area contributed by atoms with Crippen LogP contribution in [0.3, 0.4) is 0 Å². The summed E-state index contributed by atoms with van der Waals surface area (Å²) in [7, 11) is -3.76. The SMILES string of the molecule is C/C(=N\Nc1ccc(S(=O)(=O)N2CCCC2)cc1[N+](=O)[O-])c1cc(Cl)ccc1Cl. The Bertz CT molecular complexity index is 1080. The molecule has 29 heavy (non-hydrogen) atoms. The molecule has 1 fully saturated rings. The Morgan fingerprint density at radius 1 is 1.17 bits per heavy atom. The molecule has 0 aliphatic carbocycles. The maximum absolute atomic E-state index is 12.7. The summed E-state index contributed by atoms with van der Waals surface area (Å²) in [5.41, 5.74) is 3.33. The first-order valence-corrected chi connectivity index (χ1v) is 10.9. The highest BCUT2D eigenvalue weighted by Crippen LogP contribution is 2.30. The van der Waals surface area contributed by atoms with E-state index in [4.69, 9.17) is 23.2 Å². The molecule has 0 spiro atoms. The summed E-state index contributed by atoms with van der Waals surface area (Å²) in [6.07, 6.45) is 1.56. The summed E-state index contributed by atoms with van der Waals surface area (Å²) in [6, 6.07) is 8.60. The van der Waals surface area contributed by atoms with Gasteiger partial charge in [0.2, 0.25) is 10.0 Å². The molecule has 1 N–H and O–H groups in total. The molecule has 2 aromatic rings. The number of hydrogen-bond donors (Lipinski definition) is 1. The van der Waals surface area contributed by atoms with Gasteiger partial charge in [0.15, 0.2) is 0 Å². The van der Waals surface area contributed by atoms with Crippen LogP contribution in [0.5, 0.6) is 0 Å². The molecule has 0 bridgehead atoms. The second-order valence-electron chi connectivity index (χ2n) is 6.48. The fourth-order valence-electron chi connectivity index (χ4n) is 2.97. The maximum atomic E-state index is 12.7. The molecular weight excluding hydrogens is 439 g/mol. The van der Waals surface area contributed by atoms with Crippen LogP contribution in [0.2, 0.25) is 10.0 Å². The van der Waals surface area contributed by atoms with E-state index in [1.54, 1.807) is 25.1 Å². The lowest BCUT2D eigenvalue weighted by Gasteiger charge is -2.15. The van der Waals surface area contributed by atoms with Crippen molar-refractivity contribution in [1.29, 1.82) is 0 Å². The van der Waals surface area contributed by atoms with Crippen LogP contribution in [0.4, 0.5) is 11.4 Å². The molecule has 1 aliphatic heterocycles. The zero-order chi connectivity index (χ0) is 21.2. The smallest absolute Gasteiger partial charge is 0.271 e. The van der Waals surface area contributed by atoms with Crippen molar-refractivity contribution in [3.63, 3.8) is 0 Å². The molecule has 0 atom stereocenters. The van der Waals surface area contributed by atoms with E-state index in [2.05, 4.69) is 10.5 Å². The maximum Gasteiger partial charge on any atom is 0.295 e. The van der Waals surface area contributed by atoms with Crippen molar-refractivity contribution in [2.24, 2.45) is 5.10 Å². The van der Waals surface area contributed by atoms with Gasteiger partial charge in [-0.3, -0.25) is 15.5 Å². The second-order valence-corrected chi connectivity index (χ2v) is 9.26. The summed E-state index contributed by atoms with van der Waals surface area (Å²) >= 11 is 12.1. The Morgan fingerprint density at radius 2 is 1.86 bits per heavy atom. The van der Waals surface area contributed by atoms with Crippen molar-refractivity contribution in [3.05, 3.63) is 62.1 Å². The molecule has 1 saturated heterocycles. The Kier molecular flexibility index (Phi) is 6.42. The molecule has 154 valence electrons. The lowest BCUT2D eigenvalue weighted by Crippen LogP contribution is -2.27. The number of anilines is 1. The molecule has 11 heteroatoms. The fourth-order valence-corrected chi connectivity index (χ4v) is 4.94. The molecule has 0 saturated carbocycles. The Hall–Kier alpha value is -2.20. The van der Waals surface area contributed by atoms with Crippen molar-refractivity contribution < 1.29 is 13.3 Å². The highest BCUT2D eigenvalue weighted by Gasteiger charge is 2.29. The van der Waals surface area contributed by atoms with Gasteiger partial charge in [-0.2, -0.15) is 9.41 Å². The first-order chi connectivity index (χ1) is 13.7. The number of hydrazone groups is 1. The summed E-state index contributed by atoms with van der Waals surface area (Å²) in [4.78, 5) is 10.7. The van der Waals surface area contributed by atoms with Gasteiger partial charge in [-0.25, -0.2) is 8.42 Å². The van der Waals surface area contributed by atoms with Gasteiger partial charge in [0.1, 0.15) is 5.69 Å². The zero-order valence-corrected chi connectivity index (χ0v) is 17.8. The molecule has 1 aliphatic rings. The van der Waals surface area contributed by atoms with Crippen molar-refractivity contribution in [2.75, 3.05) is 18.5 Å². The number of nitro groups is 1. The monoisotopic (exact) mass is 456 g/mol. The number of benzene rings is 2. The molecule has 0 radical (unpaired) electrons. The largest absolute Gasteiger partial charge is 0.295 e. The van der Waals surface area contributed by atoms with E-state index in [-0.39, 0.29) is 16.3 Å². The van der Waals surface area contributed by atoms with Crippen molar-refractivity contribution in [3.8, 4) is 0 Å². The number of rotatable bonds is 6. The van der Waals surface area contributed by atoms with Crippen LogP contribution in [0.15, 0.2) is 46.4 Å². The molecule has 1 heterocycles. The number of hydrogen-bond acceptors (Lipinski definition) is 6. The highest BCUT2D eigenvalue weighted by atomic mass is 35.5. The van der Waals surface area contributed by atoms with Crippen LogP contribution in [-0.4, -0.2) is 36.4 Å². The first-order valence-electron chi connectivity index (χ1n) is 8.74. The van der Waals surface area contributed by atoms with Gasteiger partial charge in [0, 0.05) is 34.8 Å². The van der Waals surface area contributed by atoms with E-state index < -0.39 is 14.9 Å². The average Bonchev–Trinajstić information content (AvgIpc) is 3.23. The molecule has 3 rings (SSSR count). The molecule has 0 amide bonds. The summed E-state index contributed by atoms with van der Waals surface area (Å²) < 4.78 is 26.7. The zero-order valence-electron chi connectivity index (χ0n) is 15.4. The van der Waals surface area contributed by atoms with E-state index in [0.717, 1.165) is 18.9 Å². The quantitative estimate of drug-likeness (QED) is 0.390. The van der Waals surface area contributed by atoms with E-state index in [9.17, 15) is 18.5 Å². The molecule has 2 aromatic carbocycles. The summed E-state index contributed by atoms with van der Waals surface area (Å²) in [5, 5.41) is 16.5. The van der Waals surface area contributed by atoms with Crippen molar-refractivity contribution >= 4 is 50.3 Å². The first kappa shape index (κ1) is 21.5. The predicted molar refractivity (Wildman–Crippen MR) is 113 cm³/mol. The lowest BCUT2D eigenvalue weighted by molar-refractivity contribution is -0.384. The highest BCUT2D eigenvalue weighted by molar-refractivity contribution is 7.89. The summed E-state index contributed by atoms with van der Waals surface area (Å²) in [5.74, 6) is 0. The Balaban J connectivity index is 1.92. The second kappa shape index (κ2) is 8.66. The number of nitrogens with one attached hydrogen (secondary N) is 1. The lowest BCUT2D eigenvalue weighted by atomic mass is 10.1. The third-order valence-electron chi connectivity index (χ3n) is 4.53. The summed E-state index contributed by atoms with van der Waals surface area (Å²) in [6.45, 7) is 2.50. The van der Waals surface area contributed by atoms with Gasteiger partial charge in [0.25, 0.3) is 5.69 Å². The standard InChI is InChI=1S/C18H18Cl2N4O4S/c1-12(15-10-13(19)4-6-16(15)20)21-22-17-7-5-14(11-18(17)24(25)26)29(27,28)23-8-2-3-9-23/h4-7,10-11,22H,2-3,8-9H2,1H3/b21-12+. The molecule has 0 unspecified atom stereocenters. The molecule has 8 nitrogen and oxygen atoms in total.